The van der Waals surface area contributed by atoms with Gasteiger partial charge in [-0.1, -0.05) is 0 Å². The van der Waals surface area contributed by atoms with Crippen LogP contribution in [0.3, 0.4) is 0 Å². The summed E-state index contributed by atoms with van der Waals surface area (Å²) in [5.74, 6) is 1.86. The van der Waals surface area contributed by atoms with Gasteiger partial charge in [0, 0.05) is 41.7 Å². The molecule has 0 bridgehead atoms. The number of aromatic amines is 1. The van der Waals surface area contributed by atoms with Crippen LogP contribution >= 0.6 is 0 Å². The Bertz CT molecular complexity index is 975. The molecule has 0 amide bonds. The van der Waals surface area contributed by atoms with E-state index < -0.39 is 0 Å². The maximum absolute atomic E-state index is 12.4. The Labute approximate surface area is 165 Å². The smallest absolute Gasteiger partial charge is 0.162 e. The van der Waals surface area contributed by atoms with E-state index >= 15 is 0 Å². The third-order valence-corrected chi connectivity index (χ3v) is 5.55. The molecule has 4 rings (SSSR count). The summed E-state index contributed by atoms with van der Waals surface area (Å²) in [5, 5.41) is 1.27. The van der Waals surface area contributed by atoms with Gasteiger partial charge in [-0.15, -0.1) is 0 Å². The first kappa shape index (κ1) is 18.6. The molecule has 0 radical (unpaired) electrons. The number of nitrogens with zero attached hydrogens (tertiary/aromatic N) is 1. The molecule has 0 atom stereocenters. The number of hydrogen-bond donors (Lipinski definition) is 1. The molecule has 0 saturated heterocycles. The van der Waals surface area contributed by atoms with Gasteiger partial charge in [-0.25, -0.2) is 0 Å². The van der Waals surface area contributed by atoms with Crippen LogP contribution in [0.15, 0.2) is 42.5 Å². The largest absolute Gasteiger partial charge is 0.497 e. The number of fused-ring (bicyclic) bond motifs is 3. The number of H-pyrrole nitrogens is 1. The van der Waals surface area contributed by atoms with Crippen LogP contribution < -0.4 is 9.47 Å². The molecule has 1 N–H and O–H groups in total. The number of aromatic nitrogens is 1. The summed E-state index contributed by atoms with van der Waals surface area (Å²) < 4.78 is 10.5. The van der Waals surface area contributed by atoms with E-state index in [1.165, 1.54) is 22.2 Å². The maximum atomic E-state index is 12.4. The van der Waals surface area contributed by atoms with E-state index in [1.807, 2.05) is 30.3 Å². The second-order valence-corrected chi connectivity index (χ2v) is 7.28. The van der Waals surface area contributed by atoms with E-state index in [-0.39, 0.29) is 5.78 Å². The number of benzene rings is 2. The van der Waals surface area contributed by atoms with Crippen molar-refractivity contribution in [3.63, 3.8) is 0 Å². The minimum atomic E-state index is 0.193. The van der Waals surface area contributed by atoms with E-state index in [1.54, 1.807) is 14.2 Å². The summed E-state index contributed by atoms with van der Waals surface area (Å²) in [6, 6.07) is 13.6. The van der Waals surface area contributed by atoms with Gasteiger partial charge < -0.3 is 14.5 Å². The Kier molecular flexibility index (Phi) is 5.35. The zero-order valence-corrected chi connectivity index (χ0v) is 16.5. The second-order valence-electron chi connectivity index (χ2n) is 7.28. The number of Topliss-reactive ketones (excluding diaryl/α,β-unsaturated/α-hetero) is 1. The Morgan fingerprint density at radius 1 is 1.07 bits per heavy atom. The van der Waals surface area contributed by atoms with Crippen molar-refractivity contribution in [3.8, 4) is 11.5 Å². The predicted molar refractivity (Wildman–Crippen MR) is 110 cm³/mol. The maximum Gasteiger partial charge on any atom is 0.162 e. The first-order valence-corrected chi connectivity index (χ1v) is 9.75. The van der Waals surface area contributed by atoms with E-state index in [2.05, 4.69) is 22.0 Å². The molecule has 2 aromatic carbocycles. The Morgan fingerprint density at radius 3 is 2.57 bits per heavy atom. The monoisotopic (exact) mass is 378 g/mol. The summed E-state index contributed by atoms with van der Waals surface area (Å²) in [5.41, 5.74) is 4.61. The molecule has 146 valence electrons. The molecule has 2 heterocycles. The van der Waals surface area contributed by atoms with Gasteiger partial charge in [-0.05, 0) is 67.4 Å². The van der Waals surface area contributed by atoms with Crippen molar-refractivity contribution in [3.05, 3.63) is 59.3 Å². The number of carbonyl (C=O) groups excluding carboxylic acids is 1. The quantitative estimate of drug-likeness (QED) is 0.626. The fourth-order valence-corrected chi connectivity index (χ4v) is 3.98. The van der Waals surface area contributed by atoms with Gasteiger partial charge in [-0.2, -0.15) is 0 Å². The molecule has 5 nitrogen and oxygen atoms in total. The number of carbonyl (C=O) groups is 1. The number of ketones is 1. The molecule has 3 aromatic rings. The van der Waals surface area contributed by atoms with Crippen molar-refractivity contribution in [1.82, 2.24) is 9.88 Å². The lowest BCUT2D eigenvalue weighted by molar-refractivity contribution is 0.0973. The van der Waals surface area contributed by atoms with Crippen LogP contribution in [0.2, 0.25) is 0 Å². The highest BCUT2D eigenvalue weighted by atomic mass is 16.5. The molecule has 0 aliphatic carbocycles. The first-order chi connectivity index (χ1) is 13.7. The molecule has 28 heavy (non-hydrogen) atoms. The number of methoxy groups -OCH3 is 2. The summed E-state index contributed by atoms with van der Waals surface area (Å²) in [6.45, 7) is 2.86. The van der Waals surface area contributed by atoms with E-state index in [4.69, 9.17) is 9.47 Å². The Morgan fingerprint density at radius 2 is 1.82 bits per heavy atom. The van der Waals surface area contributed by atoms with Crippen LogP contribution in [0.5, 0.6) is 11.5 Å². The standard InChI is InChI=1S/C23H26N2O3/c1-27-17-7-5-16(6-8-17)23(26)4-3-12-25-13-11-19-20-14-18(28-2)9-10-21(20)24-22(19)15-25/h5-10,14,24H,3-4,11-13,15H2,1-2H3. The fourth-order valence-electron chi connectivity index (χ4n) is 3.98. The van der Waals surface area contributed by atoms with Crippen LogP contribution in [0.1, 0.15) is 34.5 Å². The van der Waals surface area contributed by atoms with Crippen molar-refractivity contribution < 1.29 is 14.3 Å². The molecular formula is C23H26N2O3. The normalized spacial score (nSPS) is 14.1. The van der Waals surface area contributed by atoms with Gasteiger partial charge in [0.05, 0.1) is 14.2 Å². The minimum Gasteiger partial charge on any atom is -0.497 e. The van der Waals surface area contributed by atoms with E-state index in [0.717, 1.165) is 49.5 Å². The highest BCUT2D eigenvalue weighted by molar-refractivity contribution is 5.96. The predicted octanol–water partition coefficient (Wildman–Crippen LogP) is 4.21. The van der Waals surface area contributed by atoms with Crippen LogP contribution in [0.25, 0.3) is 10.9 Å². The highest BCUT2D eigenvalue weighted by Gasteiger charge is 2.20. The average Bonchev–Trinajstić information content (AvgIpc) is 3.10. The molecule has 0 spiro atoms. The van der Waals surface area contributed by atoms with Crippen molar-refractivity contribution in [1.29, 1.82) is 0 Å². The van der Waals surface area contributed by atoms with Crippen LogP contribution in [-0.2, 0) is 13.0 Å². The minimum absolute atomic E-state index is 0.193. The van der Waals surface area contributed by atoms with Gasteiger partial charge in [0.25, 0.3) is 0 Å². The zero-order chi connectivity index (χ0) is 19.5. The van der Waals surface area contributed by atoms with Gasteiger partial charge in [-0.3, -0.25) is 9.69 Å². The van der Waals surface area contributed by atoms with Crippen LogP contribution in [0, 0.1) is 0 Å². The van der Waals surface area contributed by atoms with Crippen molar-refractivity contribution in [2.45, 2.75) is 25.8 Å². The van der Waals surface area contributed by atoms with Crippen LogP contribution in [-0.4, -0.2) is 43.0 Å². The Balaban J connectivity index is 1.34. The molecule has 0 fully saturated rings. The van der Waals surface area contributed by atoms with Crippen molar-refractivity contribution >= 4 is 16.7 Å². The lowest BCUT2D eigenvalue weighted by Crippen LogP contribution is -2.31. The van der Waals surface area contributed by atoms with Gasteiger partial charge in [0.2, 0.25) is 0 Å². The summed E-state index contributed by atoms with van der Waals surface area (Å²) in [4.78, 5) is 18.4. The molecular weight excluding hydrogens is 352 g/mol. The lowest BCUT2D eigenvalue weighted by Gasteiger charge is -2.26. The molecule has 1 aromatic heterocycles. The third kappa shape index (κ3) is 3.76. The molecule has 1 aliphatic heterocycles. The fraction of sp³-hybridized carbons (Fsp3) is 0.348. The molecule has 0 saturated carbocycles. The highest BCUT2D eigenvalue weighted by Crippen LogP contribution is 2.30. The summed E-state index contributed by atoms with van der Waals surface area (Å²) in [6.07, 6.45) is 2.46. The van der Waals surface area contributed by atoms with Gasteiger partial charge >= 0.3 is 0 Å². The van der Waals surface area contributed by atoms with E-state index in [9.17, 15) is 4.79 Å². The van der Waals surface area contributed by atoms with Gasteiger partial charge in [0.15, 0.2) is 5.78 Å². The molecule has 1 aliphatic rings. The van der Waals surface area contributed by atoms with Crippen molar-refractivity contribution in [2.75, 3.05) is 27.3 Å². The SMILES string of the molecule is COc1ccc(C(=O)CCCN2CCc3c([nH]c4ccc(OC)cc34)C2)cc1. The summed E-state index contributed by atoms with van der Waals surface area (Å²) >= 11 is 0. The summed E-state index contributed by atoms with van der Waals surface area (Å²) in [7, 11) is 3.33. The van der Waals surface area contributed by atoms with Gasteiger partial charge in [0.1, 0.15) is 11.5 Å². The van der Waals surface area contributed by atoms with E-state index in [0.29, 0.717) is 6.42 Å². The zero-order valence-electron chi connectivity index (χ0n) is 16.5. The first-order valence-electron chi connectivity index (χ1n) is 9.75. The average molecular weight is 378 g/mol. The lowest BCUT2D eigenvalue weighted by atomic mass is 10.0. The third-order valence-electron chi connectivity index (χ3n) is 5.55. The number of ether oxygens (including phenoxy) is 2. The van der Waals surface area contributed by atoms with Crippen molar-refractivity contribution in [2.24, 2.45) is 0 Å². The number of rotatable bonds is 7. The molecule has 0 unspecified atom stereocenters. The van der Waals surface area contributed by atoms with Crippen LogP contribution in [0.4, 0.5) is 0 Å². The Hall–Kier alpha value is -2.79. The number of hydrogen-bond acceptors (Lipinski definition) is 4. The molecule has 5 heteroatoms. The number of nitrogens with one attached hydrogen (secondary N) is 1. The topological polar surface area (TPSA) is 54.6 Å². The second kappa shape index (κ2) is 8.07.